The van der Waals surface area contributed by atoms with Crippen LogP contribution in [0.25, 0.3) is 0 Å². The van der Waals surface area contributed by atoms with E-state index in [1.54, 1.807) is 35.1 Å². The number of nitrogens with zero attached hydrogens (tertiary/aromatic N) is 2. The molecule has 2 aliphatic heterocycles. The largest absolute Gasteiger partial charge is 0.350 e. The number of pyridine rings is 1. The molecule has 0 radical (unpaired) electrons. The third-order valence-electron chi connectivity index (χ3n) is 6.00. The second-order valence-corrected chi connectivity index (χ2v) is 9.06. The van der Waals surface area contributed by atoms with Crippen molar-refractivity contribution in [2.75, 3.05) is 5.75 Å². The Balaban J connectivity index is 1.45. The molecule has 1 aromatic heterocycles. The Morgan fingerprint density at radius 3 is 2.71 bits per heavy atom. The molecule has 0 spiro atoms. The van der Waals surface area contributed by atoms with E-state index >= 15 is 0 Å². The highest BCUT2D eigenvalue weighted by Gasteiger charge is 2.48. The number of carbonyl (C=O) groups is 3. The van der Waals surface area contributed by atoms with Crippen molar-refractivity contribution in [2.24, 2.45) is 5.92 Å². The highest BCUT2D eigenvalue weighted by molar-refractivity contribution is 7.99. The van der Waals surface area contributed by atoms with Crippen LogP contribution < -0.4 is 10.6 Å². The van der Waals surface area contributed by atoms with Crippen LogP contribution in [0.1, 0.15) is 47.1 Å². The van der Waals surface area contributed by atoms with Crippen LogP contribution in [0.4, 0.5) is 0 Å². The average molecular weight is 439 g/mol. The predicted molar refractivity (Wildman–Crippen MR) is 119 cm³/mol. The molecule has 8 heteroatoms. The molecule has 1 fully saturated rings. The molecular weight excluding hydrogens is 412 g/mol. The lowest BCUT2D eigenvalue weighted by Gasteiger charge is -2.28. The molecule has 4 rings (SSSR count). The van der Waals surface area contributed by atoms with Crippen molar-refractivity contribution >= 4 is 29.5 Å². The first-order valence-corrected chi connectivity index (χ1v) is 11.6. The van der Waals surface area contributed by atoms with Crippen LogP contribution in [0.3, 0.4) is 0 Å². The number of thioether (sulfide) groups is 1. The maximum atomic E-state index is 13.2. The summed E-state index contributed by atoms with van der Waals surface area (Å²) in [5.74, 6) is -0.147. The van der Waals surface area contributed by atoms with Gasteiger partial charge in [-0.2, -0.15) is 0 Å². The number of rotatable bonds is 7. The summed E-state index contributed by atoms with van der Waals surface area (Å²) in [5.41, 5.74) is 2.56. The lowest BCUT2D eigenvalue weighted by molar-refractivity contribution is -0.132. The summed E-state index contributed by atoms with van der Waals surface area (Å²) >= 11 is 1.59. The molecule has 0 unspecified atom stereocenters. The van der Waals surface area contributed by atoms with Crippen molar-refractivity contribution in [3.8, 4) is 0 Å². The summed E-state index contributed by atoms with van der Waals surface area (Å²) in [6, 6.07) is 9.92. The lowest BCUT2D eigenvalue weighted by Crippen LogP contribution is -2.55. The second kappa shape index (κ2) is 9.09. The maximum absolute atomic E-state index is 13.2. The number of hydrogen-bond acceptors (Lipinski definition) is 5. The molecule has 2 aromatic rings. The van der Waals surface area contributed by atoms with E-state index in [9.17, 15) is 14.4 Å². The highest BCUT2D eigenvalue weighted by Crippen LogP contribution is 2.48. The first-order valence-electron chi connectivity index (χ1n) is 10.5. The Morgan fingerprint density at radius 2 is 1.97 bits per heavy atom. The Labute approximate surface area is 186 Å². The highest BCUT2D eigenvalue weighted by atomic mass is 32.2. The molecule has 0 saturated carbocycles. The van der Waals surface area contributed by atoms with Gasteiger partial charge < -0.3 is 15.5 Å². The topological polar surface area (TPSA) is 91.4 Å². The van der Waals surface area contributed by atoms with Gasteiger partial charge in [0.05, 0.1) is 0 Å². The van der Waals surface area contributed by atoms with Gasteiger partial charge in [-0.05, 0) is 35.2 Å². The van der Waals surface area contributed by atoms with E-state index in [0.717, 1.165) is 17.5 Å². The standard InChI is InChI=1S/C23H26N4O3S/c1-3-14(2)19(21(29)25-12-15-8-10-24-11-9-15)26-20(28)18-13-31-23-17-7-5-4-6-16(17)22(30)27(18)23/h4-11,14,18-19,23H,3,12-13H2,1-2H3,(H,25,29)(H,26,28)/t14-,18+,19+,23-/m1/s1. The van der Waals surface area contributed by atoms with E-state index in [-0.39, 0.29) is 29.0 Å². The summed E-state index contributed by atoms with van der Waals surface area (Å²) in [6.45, 7) is 4.30. The summed E-state index contributed by atoms with van der Waals surface area (Å²) < 4.78 is 0. The van der Waals surface area contributed by atoms with E-state index in [1.165, 1.54) is 0 Å². The van der Waals surface area contributed by atoms with Crippen LogP contribution >= 0.6 is 11.8 Å². The maximum Gasteiger partial charge on any atom is 0.256 e. The second-order valence-electron chi connectivity index (χ2n) is 7.95. The molecule has 1 aromatic carbocycles. The molecular formula is C23H26N4O3S. The van der Waals surface area contributed by atoms with Crippen LogP contribution in [0.2, 0.25) is 0 Å². The number of nitrogens with one attached hydrogen (secondary N) is 2. The van der Waals surface area contributed by atoms with Crippen LogP contribution in [0.5, 0.6) is 0 Å². The summed E-state index contributed by atoms with van der Waals surface area (Å²) in [6.07, 6.45) is 4.09. The van der Waals surface area contributed by atoms with Gasteiger partial charge in [-0.15, -0.1) is 11.8 Å². The summed E-state index contributed by atoms with van der Waals surface area (Å²) in [7, 11) is 0. The first-order chi connectivity index (χ1) is 15.0. The molecule has 4 atom stereocenters. The zero-order valence-electron chi connectivity index (χ0n) is 17.6. The van der Waals surface area contributed by atoms with Crippen molar-refractivity contribution in [1.29, 1.82) is 0 Å². The normalized spacial score (nSPS) is 21.2. The number of carbonyl (C=O) groups excluding carboxylic acids is 3. The Kier molecular flexibility index (Phi) is 6.27. The van der Waals surface area contributed by atoms with Crippen molar-refractivity contribution in [2.45, 2.75) is 44.3 Å². The molecule has 31 heavy (non-hydrogen) atoms. The third kappa shape index (κ3) is 4.17. The van der Waals surface area contributed by atoms with Gasteiger partial charge in [-0.1, -0.05) is 38.5 Å². The third-order valence-corrected chi connectivity index (χ3v) is 7.31. The number of fused-ring (bicyclic) bond motifs is 3. The fourth-order valence-electron chi connectivity index (χ4n) is 3.99. The van der Waals surface area contributed by atoms with E-state index in [2.05, 4.69) is 15.6 Å². The van der Waals surface area contributed by atoms with Crippen LogP contribution in [-0.4, -0.2) is 45.4 Å². The smallest absolute Gasteiger partial charge is 0.256 e. The van der Waals surface area contributed by atoms with Crippen LogP contribution in [-0.2, 0) is 16.1 Å². The molecule has 2 N–H and O–H groups in total. The molecule has 162 valence electrons. The number of aromatic nitrogens is 1. The molecule has 3 amide bonds. The summed E-state index contributed by atoms with van der Waals surface area (Å²) in [4.78, 5) is 44.6. The fraction of sp³-hybridized carbons (Fsp3) is 0.391. The molecule has 1 saturated heterocycles. The Bertz CT molecular complexity index is 984. The minimum absolute atomic E-state index is 0.0438. The number of benzene rings is 1. The molecule has 0 aliphatic carbocycles. The van der Waals surface area contributed by atoms with Gasteiger partial charge in [0.2, 0.25) is 11.8 Å². The Hall–Kier alpha value is -2.87. The van der Waals surface area contributed by atoms with Crippen molar-refractivity contribution in [1.82, 2.24) is 20.5 Å². The zero-order valence-corrected chi connectivity index (χ0v) is 18.4. The molecule has 2 aliphatic rings. The quantitative estimate of drug-likeness (QED) is 0.693. The Morgan fingerprint density at radius 1 is 1.23 bits per heavy atom. The van der Waals surface area contributed by atoms with Crippen molar-refractivity contribution < 1.29 is 14.4 Å². The van der Waals surface area contributed by atoms with Gasteiger partial charge in [-0.25, -0.2) is 0 Å². The van der Waals surface area contributed by atoms with Gasteiger partial charge in [-0.3, -0.25) is 19.4 Å². The molecule has 0 bridgehead atoms. The molecule has 7 nitrogen and oxygen atoms in total. The monoisotopic (exact) mass is 438 g/mol. The molecule has 3 heterocycles. The van der Waals surface area contributed by atoms with E-state index in [1.807, 2.05) is 44.2 Å². The van der Waals surface area contributed by atoms with Crippen LogP contribution in [0, 0.1) is 5.92 Å². The van der Waals surface area contributed by atoms with Gasteiger partial charge in [0.1, 0.15) is 17.5 Å². The van der Waals surface area contributed by atoms with Gasteiger partial charge >= 0.3 is 0 Å². The van der Waals surface area contributed by atoms with Gasteiger partial charge in [0, 0.05) is 30.3 Å². The lowest BCUT2D eigenvalue weighted by atomic mass is 9.97. The number of amides is 3. The van der Waals surface area contributed by atoms with E-state index in [0.29, 0.717) is 17.9 Å². The zero-order chi connectivity index (χ0) is 22.0. The minimum Gasteiger partial charge on any atom is -0.350 e. The average Bonchev–Trinajstić information content (AvgIpc) is 3.36. The fourth-order valence-corrected chi connectivity index (χ4v) is 5.46. The van der Waals surface area contributed by atoms with Crippen LogP contribution in [0.15, 0.2) is 48.8 Å². The first kappa shape index (κ1) is 21.4. The summed E-state index contributed by atoms with van der Waals surface area (Å²) in [5, 5.41) is 5.71. The van der Waals surface area contributed by atoms with Crippen molar-refractivity contribution in [3.05, 3.63) is 65.5 Å². The van der Waals surface area contributed by atoms with E-state index in [4.69, 9.17) is 0 Å². The number of hydrogen-bond donors (Lipinski definition) is 2. The van der Waals surface area contributed by atoms with E-state index < -0.39 is 12.1 Å². The van der Waals surface area contributed by atoms with Crippen molar-refractivity contribution in [3.63, 3.8) is 0 Å². The predicted octanol–water partition coefficient (Wildman–Crippen LogP) is 2.50. The van der Waals surface area contributed by atoms with Gasteiger partial charge in [0.15, 0.2) is 0 Å². The van der Waals surface area contributed by atoms with Gasteiger partial charge in [0.25, 0.3) is 5.91 Å². The SMILES string of the molecule is CC[C@@H](C)[C@H](NC(=O)[C@@H]1CS[C@@H]2c3ccccc3C(=O)N21)C(=O)NCc1ccncc1. The minimum atomic E-state index is -0.663.